The highest BCUT2D eigenvalue weighted by molar-refractivity contribution is 5.87. The number of hydrogen-bond acceptors (Lipinski definition) is 6. The Labute approximate surface area is 140 Å². The lowest BCUT2D eigenvalue weighted by Crippen LogP contribution is -2.53. The molecular formula is C16H22N6O2. The minimum Gasteiger partial charge on any atom is -0.480 e. The van der Waals surface area contributed by atoms with Gasteiger partial charge >= 0.3 is 5.97 Å². The fourth-order valence-electron chi connectivity index (χ4n) is 3.63. The molecule has 2 fully saturated rings. The molecule has 3 heterocycles. The van der Waals surface area contributed by atoms with Crippen molar-refractivity contribution in [1.29, 1.82) is 0 Å². The molecule has 0 bridgehead atoms. The molecule has 1 aliphatic carbocycles. The SMILES string of the molecule is Cc1nc(N2CCN(C(C(=O)O)C3CC3)CC2)c2cnn(C)c2n1. The molecule has 0 amide bonds. The number of anilines is 1. The normalized spacial score (nSPS) is 20.5. The van der Waals surface area contributed by atoms with Crippen molar-refractivity contribution in [2.45, 2.75) is 25.8 Å². The van der Waals surface area contributed by atoms with Crippen molar-refractivity contribution in [2.75, 3.05) is 31.1 Å². The maximum Gasteiger partial charge on any atom is 0.321 e. The largest absolute Gasteiger partial charge is 0.480 e. The van der Waals surface area contributed by atoms with Gasteiger partial charge in [-0.25, -0.2) is 9.97 Å². The molecule has 1 saturated heterocycles. The van der Waals surface area contributed by atoms with Crippen LogP contribution < -0.4 is 4.90 Å². The summed E-state index contributed by atoms with van der Waals surface area (Å²) in [4.78, 5) is 25.0. The molecule has 0 spiro atoms. The predicted octanol–water partition coefficient (Wildman–Crippen LogP) is 0.657. The molecule has 0 radical (unpaired) electrons. The Morgan fingerprint density at radius 2 is 1.96 bits per heavy atom. The van der Waals surface area contributed by atoms with Crippen molar-refractivity contribution >= 4 is 22.8 Å². The number of carbonyl (C=O) groups is 1. The van der Waals surface area contributed by atoms with Crippen molar-refractivity contribution < 1.29 is 9.90 Å². The average Bonchev–Trinajstić information content (AvgIpc) is 3.31. The van der Waals surface area contributed by atoms with E-state index in [1.54, 1.807) is 10.9 Å². The van der Waals surface area contributed by atoms with Gasteiger partial charge in [-0.05, 0) is 25.7 Å². The van der Waals surface area contributed by atoms with E-state index < -0.39 is 5.97 Å². The van der Waals surface area contributed by atoms with Gasteiger partial charge in [0, 0.05) is 33.2 Å². The summed E-state index contributed by atoms with van der Waals surface area (Å²) >= 11 is 0. The Bertz CT molecular complexity index is 776. The molecule has 1 aliphatic heterocycles. The molecule has 1 unspecified atom stereocenters. The standard InChI is InChI=1S/C16H22N6O2/c1-10-18-14-12(9-17-20(14)2)15(19-10)22-7-5-21(6-8-22)13(16(23)24)11-3-4-11/h9,11,13H,3-8H2,1-2H3,(H,23,24). The van der Waals surface area contributed by atoms with Gasteiger partial charge in [0.2, 0.25) is 0 Å². The minimum absolute atomic E-state index is 0.322. The first kappa shape index (κ1) is 15.3. The number of carboxylic acids is 1. The van der Waals surface area contributed by atoms with Crippen LogP contribution >= 0.6 is 0 Å². The van der Waals surface area contributed by atoms with Crippen molar-refractivity contribution in [3.63, 3.8) is 0 Å². The van der Waals surface area contributed by atoms with Gasteiger partial charge < -0.3 is 10.0 Å². The molecule has 24 heavy (non-hydrogen) atoms. The lowest BCUT2D eigenvalue weighted by Gasteiger charge is -2.38. The van der Waals surface area contributed by atoms with E-state index in [1.165, 1.54) is 0 Å². The lowest BCUT2D eigenvalue weighted by atomic mass is 10.1. The van der Waals surface area contributed by atoms with Gasteiger partial charge in [0.15, 0.2) is 5.65 Å². The first-order valence-corrected chi connectivity index (χ1v) is 8.43. The molecule has 128 valence electrons. The highest BCUT2D eigenvalue weighted by Gasteiger charge is 2.41. The first-order chi connectivity index (χ1) is 11.5. The summed E-state index contributed by atoms with van der Waals surface area (Å²) in [5.74, 6) is 1.28. The molecular weight excluding hydrogens is 308 g/mol. The average molecular weight is 330 g/mol. The lowest BCUT2D eigenvalue weighted by molar-refractivity contribution is -0.144. The smallest absolute Gasteiger partial charge is 0.321 e. The first-order valence-electron chi connectivity index (χ1n) is 8.43. The Hall–Kier alpha value is -2.22. The molecule has 1 saturated carbocycles. The molecule has 8 nitrogen and oxygen atoms in total. The maximum absolute atomic E-state index is 11.6. The predicted molar refractivity (Wildman–Crippen MR) is 89.0 cm³/mol. The summed E-state index contributed by atoms with van der Waals surface area (Å²) < 4.78 is 1.76. The molecule has 2 aliphatic rings. The zero-order chi connectivity index (χ0) is 16.8. The third-order valence-corrected chi connectivity index (χ3v) is 5.01. The van der Waals surface area contributed by atoms with Crippen LogP contribution in [0.15, 0.2) is 6.20 Å². The summed E-state index contributed by atoms with van der Waals surface area (Å²) in [7, 11) is 1.88. The van der Waals surface area contributed by atoms with Crippen LogP contribution in [0.3, 0.4) is 0 Å². The van der Waals surface area contributed by atoms with Gasteiger partial charge in [-0.3, -0.25) is 14.4 Å². The van der Waals surface area contributed by atoms with E-state index in [9.17, 15) is 9.90 Å². The summed E-state index contributed by atoms with van der Waals surface area (Å²) in [6.07, 6.45) is 3.89. The number of rotatable bonds is 4. The Morgan fingerprint density at radius 1 is 1.25 bits per heavy atom. The van der Waals surface area contributed by atoms with Crippen LogP contribution in [0.1, 0.15) is 18.7 Å². The van der Waals surface area contributed by atoms with Crippen LogP contribution in [0.25, 0.3) is 11.0 Å². The highest BCUT2D eigenvalue weighted by atomic mass is 16.4. The van der Waals surface area contributed by atoms with Gasteiger partial charge in [0.1, 0.15) is 17.7 Å². The van der Waals surface area contributed by atoms with Gasteiger partial charge in [0.05, 0.1) is 11.6 Å². The second-order valence-electron chi connectivity index (χ2n) is 6.74. The van der Waals surface area contributed by atoms with Gasteiger partial charge in [-0.15, -0.1) is 0 Å². The van der Waals surface area contributed by atoms with Gasteiger partial charge in [0.25, 0.3) is 0 Å². The van der Waals surface area contributed by atoms with E-state index in [4.69, 9.17) is 0 Å². The van der Waals surface area contributed by atoms with E-state index in [1.807, 2.05) is 14.0 Å². The van der Waals surface area contributed by atoms with E-state index in [2.05, 4.69) is 24.9 Å². The van der Waals surface area contributed by atoms with Crippen molar-refractivity contribution in [3.05, 3.63) is 12.0 Å². The number of aliphatic carboxylic acids is 1. The molecule has 4 rings (SSSR count). The fraction of sp³-hybridized carbons (Fsp3) is 0.625. The molecule has 2 aromatic rings. The number of piperazine rings is 1. The van der Waals surface area contributed by atoms with E-state index in [0.717, 1.165) is 61.7 Å². The minimum atomic E-state index is -0.682. The van der Waals surface area contributed by atoms with Gasteiger partial charge in [-0.2, -0.15) is 5.10 Å². The van der Waals surface area contributed by atoms with Crippen molar-refractivity contribution in [1.82, 2.24) is 24.6 Å². The Balaban J connectivity index is 1.55. The van der Waals surface area contributed by atoms with E-state index in [-0.39, 0.29) is 6.04 Å². The maximum atomic E-state index is 11.6. The van der Waals surface area contributed by atoms with Crippen molar-refractivity contribution in [3.8, 4) is 0 Å². The van der Waals surface area contributed by atoms with Crippen LogP contribution in [0.2, 0.25) is 0 Å². The monoisotopic (exact) mass is 330 g/mol. The van der Waals surface area contributed by atoms with Gasteiger partial charge in [-0.1, -0.05) is 0 Å². The summed E-state index contributed by atoms with van der Waals surface area (Å²) in [6.45, 7) is 4.93. The topological polar surface area (TPSA) is 87.4 Å². The summed E-state index contributed by atoms with van der Waals surface area (Å²) in [6, 6.07) is -0.322. The molecule has 1 N–H and O–H groups in total. The van der Waals surface area contributed by atoms with Crippen LogP contribution in [-0.2, 0) is 11.8 Å². The zero-order valence-corrected chi connectivity index (χ0v) is 14.0. The third kappa shape index (κ3) is 2.60. The van der Waals surface area contributed by atoms with Crippen LogP contribution in [0, 0.1) is 12.8 Å². The number of aromatic nitrogens is 4. The van der Waals surface area contributed by atoms with Crippen LogP contribution in [0.5, 0.6) is 0 Å². The second kappa shape index (κ2) is 5.70. The van der Waals surface area contributed by atoms with E-state index in [0.29, 0.717) is 5.92 Å². The number of nitrogens with zero attached hydrogens (tertiary/aromatic N) is 6. The zero-order valence-electron chi connectivity index (χ0n) is 14.0. The summed E-state index contributed by atoms with van der Waals surface area (Å²) in [5.41, 5.74) is 0.835. The molecule has 0 aromatic carbocycles. The third-order valence-electron chi connectivity index (χ3n) is 5.01. The van der Waals surface area contributed by atoms with E-state index >= 15 is 0 Å². The number of fused-ring (bicyclic) bond motifs is 1. The number of carboxylic acid groups (broad SMARTS) is 1. The fourth-order valence-corrected chi connectivity index (χ4v) is 3.63. The number of hydrogen-bond donors (Lipinski definition) is 1. The van der Waals surface area contributed by atoms with Crippen LogP contribution in [0.4, 0.5) is 5.82 Å². The second-order valence-corrected chi connectivity index (χ2v) is 6.74. The Morgan fingerprint density at radius 3 is 2.58 bits per heavy atom. The van der Waals surface area contributed by atoms with Crippen LogP contribution in [-0.4, -0.2) is 67.9 Å². The highest BCUT2D eigenvalue weighted by Crippen LogP contribution is 2.36. The molecule has 1 atom stereocenters. The summed E-state index contributed by atoms with van der Waals surface area (Å²) in [5, 5.41) is 14.8. The van der Waals surface area contributed by atoms with Crippen molar-refractivity contribution in [2.24, 2.45) is 13.0 Å². The number of aryl methyl sites for hydroxylation is 2. The molecule has 8 heteroatoms. The Kier molecular flexibility index (Phi) is 3.64. The molecule has 2 aromatic heterocycles. The quantitative estimate of drug-likeness (QED) is 0.881.